The molecule has 154 valence electrons. The SMILES string of the molecule is O=C(NCCOc1ccc2nnc(-c3ccc(F)cc3)n2n1)c1ccc2nsnc2c1. The Bertz CT molecular complexity index is 1380. The van der Waals surface area contributed by atoms with Crippen LogP contribution >= 0.6 is 11.7 Å². The molecule has 0 aliphatic rings. The van der Waals surface area contributed by atoms with Gasteiger partial charge in [0.05, 0.1) is 18.3 Å². The third-order valence-electron chi connectivity index (χ3n) is 4.49. The number of carbonyl (C=O) groups excluding carboxylic acids is 1. The van der Waals surface area contributed by atoms with Gasteiger partial charge in [-0.1, -0.05) is 0 Å². The largest absolute Gasteiger partial charge is 0.475 e. The summed E-state index contributed by atoms with van der Waals surface area (Å²) < 4.78 is 28.6. The first-order valence-corrected chi connectivity index (χ1v) is 10.0. The number of halogens is 1. The Balaban J connectivity index is 1.23. The molecule has 3 aromatic heterocycles. The van der Waals surface area contributed by atoms with Crippen LogP contribution in [-0.2, 0) is 0 Å². The smallest absolute Gasteiger partial charge is 0.251 e. The van der Waals surface area contributed by atoms with Crippen LogP contribution < -0.4 is 10.1 Å². The van der Waals surface area contributed by atoms with Gasteiger partial charge in [-0.3, -0.25) is 4.79 Å². The second-order valence-corrected chi connectivity index (χ2v) is 7.07. The zero-order valence-electron chi connectivity index (χ0n) is 15.9. The fourth-order valence-electron chi connectivity index (χ4n) is 2.97. The predicted molar refractivity (Wildman–Crippen MR) is 111 cm³/mol. The molecule has 0 aliphatic heterocycles. The van der Waals surface area contributed by atoms with Crippen LogP contribution in [-0.4, -0.2) is 47.6 Å². The summed E-state index contributed by atoms with van der Waals surface area (Å²) in [7, 11) is 0. The zero-order valence-corrected chi connectivity index (χ0v) is 16.7. The molecule has 3 heterocycles. The Hall–Kier alpha value is -3.99. The van der Waals surface area contributed by atoms with Gasteiger partial charge in [-0.2, -0.15) is 13.3 Å². The van der Waals surface area contributed by atoms with Crippen LogP contribution in [0.3, 0.4) is 0 Å². The number of benzene rings is 2. The molecular formula is C20H14FN7O2S. The van der Waals surface area contributed by atoms with Crippen molar-refractivity contribution in [1.29, 1.82) is 0 Å². The molecule has 0 fully saturated rings. The Morgan fingerprint density at radius 3 is 2.74 bits per heavy atom. The molecular weight excluding hydrogens is 421 g/mol. The lowest BCUT2D eigenvalue weighted by molar-refractivity contribution is 0.0946. The van der Waals surface area contributed by atoms with E-state index in [-0.39, 0.29) is 18.3 Å². The predicted octanol–water partition coefficient (Wildman–Crippen LogP) is 2.74. The standard InChI is InChI=1S/C20H14FN7O2S/c21-14-4-1-12(2-5-14)19-24-23-17-7-8-18(25-28(17)19)30-10-9-22-20(29)13-3-6-15-16(11-13)27-31-26-15/h1-8,11H,9-10H2,(H,22,29). The number of hydrogen-bond acceptors (Lipinski definition) is 8. The van der Waals surface area contributed by atoms with Crippen molar-refractivity contribution in [3.8, 4) is 17.3 Å². The number of rotatable bonds is 6. The average molecular weight is 435 g/mol. The van der Waals surface area contributed by atoms with Crippen LogP contribution in [0.5, 0.6) is 5.88 Å². The molecule has 11 heteroatoms. The van der Waals surface area contributed by atoms with Gasteiger partial charge in [-0.05, 0) is 48.5 Å². The first kappa shape index (κ1) is 19.0. The molecule has 31 heavy (non-hydrogen) atoms. The van der Waals surface area contributed by atoms with Crippen molar-refractivity contribution in [2.24, 2.45) is 0 Å². The van der Waals surface area contributed by atoms with Gasteiger partial charge < -0.3 is 10.1 Å². The monoisotopic (exact) mass is 435 g/mol. The molecule has 0 atom stereocenters. The molecule has 2 aromatic carbocycles. The normalized spacial score (nSPS) is 11.1. The summed E-state index contributed by atoms with van der Waals surface area (Å²) in [5.41, 5.74) is 3.18. The molecule has 0 radical (unpaired) electrons. The molecule has 0 aliphatic carbocycles. The van der Waals surface area contributed by atoms with Crippen LogP contribution in [0.2, 0.25) is 0 Å². The lowest BCUT2D eigenvalue weighted by Crippen LogP contribution is -2.28. The summed E-state index contributed by atoms with van der Waals surface area (Å²) in [4.78, 5) is 12.3. The van der Waals surface area contributed by atoms with Crippen molar-refractivity contribution < 1.29 is 13.9 Å². The van der Waals surface area contributed by atoms with Gasteiger partial charge in [0.1, 0.15) is 23.5 Å². The van der Waals surface area contributed by atoms with Gasteiger partial charge in [0, 0.05) is 17.2 Å². The van der Waals surface area contributed by atoms with Gasteiger partial charge in [0.15, 0.2) is 11.5 Å². The van der Waals surface area contributed by atoms with E-state index >= 15 is 0 Å². The Labute approximate surface area is 178 Å². The fraction of sp³-hybridized carbons (Fsp3) is 0.100. The minimum atomic E-state index is -0.334. The van der Waals surface area contributed by atoms with E-state index in [9.17, 15) is 9.18 Å². The highest BCUT2D eigenvalue weighted by atomic mass is 32.1. The van der Waals surface area contributed by atoms with Gasteiger partial charge in [-0.25, -0.2) is 4.39 Å². The lowest BCUT2D eigenvalue weighted by Gasteiger charge is -2.08. The molecule has 0 saturated carbocycles. The van der Waals surface area contributed by atoms with Crippen LogP contribution in [0.4, 0.5) is 4.39 Å². The van der Waals surface area contributed by atoms with Crippen LogP contribution in [0.15, 0.2) is 54.6 Å². The third-order valence-corrected chi connectivity index (χ3v) is 5.05. The number of amides is 1. The van der Waals surface area contributed by atoms with Crippen molar-refractivity contribution >= 4 is 34.3 Å². The van der Waals surface area contributed by atoms with Gasteiger partial charge in [0.25, 0.3) is 5.91 Å². The minimum absolute atomic E-state index is 0.221. The maximum Gasteiger partial charge on any atom is 0.251 e. The highest BCUT2D eigenvalue weighted by Gasteiger charge is 2.11. The first-order chi connectivity index (χ1) is 15.2. The summed E-state index contributed by atoms with van der Waals surface area (Å²) in [6.45, 7) is 0.512. The highest BCUT2D eigenvalue weighted by Crippen LogP contribution is 2.19. The minimum Gasteiger partial charge on any atom is -0.475 e. The fourth-order valence-corrected chi connectivity index (χ4v) is 3.49. The second-order valence-electron chi connectivity index (χ2n) is 6.54. The summed E-state index contributed by atoms with van der Waals surface area (Å²) in [6, 6.07) is 14.5. The van der Waals surface area contributed by atoms with Crippen molar-refractivity contribution in [2.45, 2.75) is 0 Å². The van der Waals surface area contributed by atoms with Crippen molar-refractivity contribution in [3.63, 3.8) is 0 Å². The van der Waals surface area contributed by atoms with Crippen LogP contribution in [0.1, 0.15) is 10.4 Å². The summed E-state index contributed by atoms with van der Waals surface area (Å²) in [6.07, 6.45) is 0. The van der Waals surface area contributed by atoms with Crippen molar-refractivity contribution in [3.05, 3.63) is 66.0 Å². The number of nitrogens with one attached hydrogen (secondary N) is 1. The second kappa shape index (κ2) is 8.03. The van der Waals surface area contributed by atoms with Gasteiger partial charge in [0.2, 0.25) is 5.88 Å². The van der Waals surface area contributed by atoms with Gasteiger partial charge >= 0.3 is 0 Å². The molecule has 1 N–H and O–H groups in total. The summed E-state index contributed by atoms with van der Waals surface area (Å²) >= 11 is 1.11. The lowest BCUT2D eigenvalue weighted by atomic mass is 10.2. The summed E-state index contributed by atoms with van der Waals surface area (Å²) in [5, 5.41) is 15.4. The molecule has 1 amide bonds. The quantitative estimate of drug-likeness (QED) is 0.409. The number of nitrogens with zero attached hydrogens (tertiary/aromatic N) is 6. The van der Waals surface area contributed by atoms with E-state index in [0.29, 0.717) is 40.5 Å². The number of carbonyl (C=O) groups is 1. The number of hydrogen-bond donors (Lipinski definition) is 1. The molecule has 0 saturated heterocycles. The molecule has 0 spiro atoms. The highest BCUT2D eigenvalue weighted by molar-refractivity contribution is 7.00. The number of aromatic nitrogens is 6. The van der Waals surface area contributed by atoms with Crippen molar-refractivity contribution in [2.75, 3.05) is 13.2 Å². The maximum atomic E-state index is 13.2. The van der Waals surface area contributed by atoms with Crippen LogP contribution in [0.25, 0.3) is 28.1 Å². The van der Waals surface area contributed by atoms with Crippen LogP contribution in [0, 0.1) is 5.82 Å². The molecule has 0 bridgehead atoms. The topological polar surface area (TPSA) is 107 Å². The van der Waals surface area contributed by atoms with Gasteiger partial charge in [-0.15, -0.1) is 15.3 Å². The van der Waals surface area contributed by atoms with Crippen molar-refractivity contribution in [1.82, 2.24) is 33.9 Å². The Morgan fingerprint density at radius 2 is 1.87 bits per heavy atom. The Kier molecular flexibility index (Phi) is 4.92. The average Bonchev–Trinajstić information content (AvgIpc) is 3.43. The zero-order chi connectivity index (χ0) is 21.2. The molecule has 9 nitrogen and oxygen atoms in total. The molecule has 5 aromatic rings. The van der Waals surface area contributed by atoms with E-state index in [1.165, 1.54) is 16.6 Å². The van der Waals surface area contributed by atoms with E-state index in [1.54, 1.807) is 42.5 Å². The summed E-state index contributed by atoms with van der Waals surface area (Å²) in [5.74, 6) is 0.264. The van der Waals surface area contributed by atoms with E-state index in [4.69, 9.17) is 4.74 Å². The third kappa shape index (κ3) is 3.90. The maximum absolute atomic E-state index is 13.2. The van der Waals surface area contributed by atoms with E-state index in [1.807, 2.05) is 0 Å². The van der Waals surface area contributed by atoms with E-state index < -0.39 is 0 Å². The Morgan fingerprint density at radius 1 is 1.03 bits per heavy atom. The number of fused-ring (bicyclic) bond motifs is 2. The molecule has 5 rings (SSSR count). The van der Waals surface area contributed by atoms with E-state index in [2.05, 4.69) is 29.4 Å². The number of ether oxygens (including phenoxy) is 1. The molecule has 0 unspecified atom stereocenters. The first-order valence-electron chi connectivity index (χ1n) is 9.29. The van der Waals surface area contributed by atoms with E-state index in [0.717, 1.165) is 17.2 Å².